The molecule has 3 aromatic rings. The number of hydrogen-bond donors (Lipinski definition) is 0. The molecule has 0 amide bonds. The first-order valence-corrected chi connectivity index (χ1v) is 10.6. The van der Waals surface area contributed by atoms with Crippen LogP contribution in [-0.2, 0) is 0 Å². The number of hydrogen-bond acceptors (Lipinski definition) is 5. The van der Waals surface area contributed by atoms with Crippen LogP contribution in [0, 0.1) is 0 Å². The fourth-order valence-corrected chi connectivity index (χ4v) is 4.40. The van der Waals surface area contributed by atoms with Gasteiger partial charge in [-0.3, -0.25) is 0 Å². The zero-order valence-corrected chi connectivity index (χ0v) is 18.5. The molecule has 0 unspecified atom stereocenters. The van der Waals surface area contributed by atoms with Crippen molar-refractivity contribution < 1.29 is 14.2 Å². The van der Waals surface area contributed by atoms with Gasteiger partial charge in [-0.15, -0.1) is 0 Å². The zero-order valence-electron chi connectivity index (χ0n) is 17.0. The highest BCUT2D eigenvalue weighted by molar-refractivity contribution is 6.30. The molecule has 2 atom stereocenters. The fourth-order valence-electron chi connectivity index (χ4n) is 4.10. The van der Waals surface area contributed by atoms with Crippen LogP contribution in [0.5, 0.6) is 17.2 Å². The molecule has 0 fully saturated rings. The van der Waals surface area contributed by atoms with Gasteiger partial charge in [0.2, 0.25) is 6.23 Å². The maximum Gasteiger partial charge on any atom is 0.213 e. The Morgan fingerprint density at radius 3 is 2.39 bits per heavy atom. The minimum Gasteiger partial charge on any atom is -0.493 e. The van der Waals surface area contributed by atoms with Gasteiger partial charge in [0.1, 0.15) is 5.75 Å². The molecule has 0 aromatic heterocycles. The molecule has 5 rings (SSSR count). The topological polar surface area (TPSA) is 43.3 Å². The predicted molar refractivity (Wildman–Crippen MR) is 122 cm³/mol. The van der Waals surface area contributed by atoms with Crippen LogP contribution in [0.2, 0.25) is 10.0 Å². The van der Waals surface area contributed by atoms with E-state index in [2.05, 4.69) is 0 Å². The predicted octanol–water partition coefficient (Wildman–Crippen LogP) is 6.25. The van der Waals surface area contributed by atoms with E-state index in [9.17, 15) is 0 Å². The summed E-state index contributed by atoms with van der Waals surface area (Å²) >= 11 is 12.4. The summed E-state index contributed by atoms with van der Waals surface area (Å²) < 4.78 is 17.2. The lowest BCUT2D eigenvalue weighted by Crippen LogP contribution is -2.33. The van der Waals surface area contributed by atoms with E-state index in [1.165, 1.54) is 0 Å². The van der Waals surface area contributed by atoms with Crippen LogP contribution < -0.4 is 14.2 Å². The Labute approximate surface area is 190 Å². The first kappa shape index (κ1) is 20.0. The van der Waals surface area contributed by atoms with Gasteiger partial charge in [0.15, 0.2) is 11.5 Å². The Hall–Kier alpha value is -2.89. The number of ether oxygens (including phenoxy) is 3. The molecular formula is C24H20Cl2N2O3. The second kappa shape index (κ2) is 7.98. The van der Waals surface area contributed by atoms with Crippen molar-refractivity contribution in [2.24, 2.45) is 5.10 Å². The van der Waals surface area contributed by atoms with Crippen LogP contribution in [0.1, 0.15) is 35.4 Å². The summed E-state index contributed by atoms with van der Waals surface area (Å²) in [5.41, 5.74) is 3.93. The van der Waals surface area contributed by atoms with E-state index in [0.717, 1.165) is 34.6 Å². The molecule has 3 aromatic carbocycles. The fraction of sp³-hybridized carbons (Fsp3) is 0.208. The average molecular weight is 455 g/mol. The van der Waals surface area contributed by atoms with Gasteiger partial charge < -0.3 is 14.2 Å². The van der Waals surface area contributed by atoms with Crippen LogP contribution in [0.25, 0.3) is 0 Å². The van der Waals surface area contributed by atoms with E-state index in [1.807, 2.05) is 65.7 Å². The Morgan fingerprint density at radius 1 is 0.903 bits per heavy atom. The molecule has 0 radical (unpaired) electrons. The third kappa shape index (κ3) is 3.58. The average Bonchev–Trinajstić information content (AvgIpc) is 3.24. The molecule has 0 aliphatic carbocycles. The first-order valence-electron chi connectivity index (χ1n) is 9.87. The molecule has 2 aliphatic heterocycles. The van der Waals surface area contributed by atoms with Crippen molar-refractivity contribution in [1.82, 2.24) is 5.01 Å². The summed E-state index contributed by atoms with van der Waals surface area (Å²) in [6.45, 7) is 0. The second-order valence-corrected chi connectivity index (χ2v) is 8.29. The molecular weight excluding hydrogens is 435 g/mol. The highest BCUT2D eigenvalue weighted by Crippen LogP contribution is 2.48. The minimum atomic E-state index is -0.367. The van der Waals surface area contributed by atoms with E-state index in [4.69, 9.17) is 42.5 Å². The Kier molecular flexibility index (Phi) is 5.16. The molecule has 31 heavy (non-hydrogen) atoms. The van der Waals surface area contributed by atoms with Crippen LogP contribution >= 0.6 is 23.2 Å². The molecule has 0 bridgehead atoms. The number of rotatable bonds is 4. The maximum absolute atomic E-state index is 6.36. The molecule has 158 valence electrons. The highest BCUT2D eigenvalue weighted by Gasteiger charge is 2.41. The number of hydrazone groups is 1. The normalized spacial score (nSPS) is 19.2. The van der Waals surface area contributed by atoms with Crippen molar-refractivity contribution in [2.75, 3.05) is 14.2 Å². The van der Waals surface area contributed by atoms with Crippen molar-refractivity contribution >= 4 is 28.9 Å². The molecule has 2 heterocycles. The zero-order chi connectivity index (χ0) is 21.5. The summed E-state index contributed by atoms with van der Waals surface area (Å²) in [5, 5.41) is 8.33. The van der Waals surface area contributed by atoms with Crippen LogP contribution in [-0.4, -0.2) is 24.9 Å². The molecule has 5 nitrogen and oxygen atoms in total. The van der Waals surface area contributed by atoms with Crippen LogP contribution in [0.4, 0.5) is 0 Å². The largest absolute Gasteiger partial charge is 0.493 e. The number of halogens is 2. The summed E-state index contributed by atoms with van der Waals surface area (Å²) in [7, 11) is 3.25. The molecule has 0 N–H and O–H groups in total. The summed E-state index contributed by atoms with van der Waals surface area (Å²) in [4.78, 5) is 0. The van der Waals surface area contributed by atoms with Crippen LogP contribution in [0.15, 0.2) is 65.8 Å². The van der Waals surface area contributed by atoms with Crippen LogP contribution in [0.3, 0.4) is 0 Å². The van der Waals surface area contributed by atoms with Gasteiger partial charge in [-0.1, -0.05) is 35.3 Å². The van der Waals surface area contributed by atoms with E-state index in [-0.39, 0.29) is 12.3 Å². The third-order valence-corrected chi connectivity index (χ3v) is 6.11. The SMILES string of the molecule is COc1ccc(C2=NN3[C@H](C2)c2cc(Cl)ccc2O[C@@H]3c2ccc(Cl)cc2)cc1OC. The van der Waals surface area contributed by atoms with Gasteiger partial charge in [0.05, 0.1) is 26.0 Å². The monoisotopic (exact) mass is 454 g/mol. The summed E-state index contributed by atoms with van der Waals surface area (Å²) in [6.07, 6.45) is 0.351. The lowest BCUT2D eigenvalue weighted by Gasteiger charge is -2.38. The van der Waals surface area contributed by atoms with Gasteiger partial charge in [-0.25, -0.2) is 5.01 Å². The van der Waals surface area contributed by atoms with Gasteiger partial charge in [-0.05, 0) is 48.5 Å². The molecule has 0 saturated heterocycles. The van der Waals surface area contributed by atoms with Crippen molar-refractivity contribution in [3.8, 4) is 17.2 Å². The number of nitrogens with zero attached hydrogens (tertiary/aromatic N) is 2. The molecule has 0 spiro atoms. The molecule has 7 heteroatoms. The van der Waals surface area contributed by atoms with Crippen molar-refractivity contribution in [2.45, 2.75) is 18.7 Å². The number of fused-ring (bicyclic) bond motifs is 3. The van der Waals surface area contributed by atoms with Crippen molar-refractivity contribution in [1.29, 1.82) is 0 Å². The van der Waals surface area contributed by atoms with E-state index in [0.29, 0.717) is 21.5 Å². The second-order valence-electron chi connectivity index (χ2n) is 7.42. The quantitative estimate of drug-likeness (QED) is 0.466. The smallest absolute Gasteiger partial charge is 0.213 e. The number of methoxy groups -OCH3 is 2. The van der Waals surface area contributed by atoms with E-state index >= 15 is 0 Å². The lowest BCUT2D eigenvalue weighted by molar-refractivity contribution is -0.0190. The first-order chi connectivity index (χ1) is 15.1. The standard InChI is InChI=1S/C24H20Cl2N2O3/c1-29-22-9-5-15(11-23(22)30-2)19-13-20-18-12-17(26)8-10-21(18)31-24(28(20)27-19)14-3-6-16(25)7-4-14/h3-12,20,24H,13H2,1-2H3/t20-,24-/m1/s1. The Bertz CT molecular complexity index is 1160. The Morgan fingerprint density at radius 2 is 1.65 bits per heavy atom. The lowest BCUT2D eigenvalue weighted by atomic mass is 9.95. The number of benzene rings is 3. The van der Waals surface area contributed by atoms with Gasteiger partial charge >= 0.3 is 0 Å². The van der Waals surface area contributed by atoms with Crippen molar-refractivity contribution in [3.63, 3.8) is 0 Å². The van der Waals surface area contributed by atoms with Gasteiger partial charge in [-0.2, -0.15) is 5.10 Å². The summed E-state index contributed by atoms with van der Waals surface area (Å²) in [5.74, 6) is 2.16. The third-order valence-electron chi connectivity index (χ3n) is 5.62. The van der Waals surface area contributed by atoms with Gasteiger partial charge in [0.25, 0.3) is 0 Å². The Balaban J connectivity index is 1.58. The van der Waals surface area contributed by atoms with Crippen molar-refractivity contribution in [3.05, 3.63) is 87.4 Å². The molecule has 2 aliphatic rings. The van der Waals surface area contributed by atoms with E-state index in [1.54, 1.807) is 14.2 Å². The van der Waals surface area contributed by atoms with Gasteiger partial charge in [0, 0.05) is 33.2 Å². The maximum atomic E-state index is 6.36. The summed E-state index contributed by atoms with van der Waals surface area (Å²) in [6, 6.07) is 19.2. The highest BCUT2D eigenvalue weighted by atomic mass is 35.5. The minimum absolute atomic E-state index is 0.00576. The van der Waals surface area contributed by atoms with E-state index < -0.39 is 0 Å². The molecule has 0 saturated carbocycles.